The van der Waals surface area contributed by atoms with Gasteiger partial charge in [-0.25, -0.2) is 8.42 Å². The minimum absolute atomic E-state index is 0. The molecule has 0 aliphatic carbocycles. The minimum atomic E-state index is -4.08. The van der Waals surface area contributed by atoms with Gasteiger partial charge in [-0.05, 0) is 18.6 Å². The largest absolute Gasteiger partial charge is 1.00 e. The number of thiol groups is 1. The number of hydrogen-bond donors (Lipinski definition) is 1. The molecule has 3 nitrogen and oxygen atoms in total. The molecule has 0 saturated heterocycles. The SMILES string of the molecule is CCC(CCS)S(=O)(=O)[O-].[Na+]. The third-order valence-electron chi connectivity index (χ3n) is 1.31. The van der Waals surface area contributed by atoms with Crippen LogP contribution in [0.5, 0.6) is 0 Å². The van der Waals surface area contributed by atoms with Crippen LogP contribution < -0.4 is 29.6 Å². The Morgan fingerprint density at radius 2 is 2.00 bits per heavy atom. The molecule has 0 aromatic heterocycles. The molecule has 0 N–H and O–H groups in total. The van der Waals surface area contributed by atoms with Crippen LogP contribution >= 0.6 is 12.6 Å². The summed E-state index contributed by atoms with van der Waals surface area (Å²) in [5.74, 6) is 0.444. The second-order valence-corrected chi connectivity index (χ2v) is 4.13. The Bertz CT molecular complexity index is 178. The molecule has 1 unspecified atom stereocenters. The zero-order valence-corrected chi connectivity index (χ0v) is 10.5. The monoisotopic (exact) mass is 206 g/mol. The molecular formula is C5H11NaO3S2. The smallest absolute Gasteiger partial charge is 0.748 e. The van der Waals surface area contributed by atoms with Crippen molar-refractivity contribution < 1.29 is 42.5 Å². The molecular weight excluding hydrogens is 195 g/mol. The van der Waals surface area contributed by atoms with E-state index >= 15 is 0 Å². The van der Waals surface area contributed by atoms with Crippen molar-refractivity contribution in [3.05, 3.63) is 0 Å². The van der Waals surface area contributed by atoms with Gasteiger partial charge in [0.15, 0.2) is 0 Å². The fraction of sp³-hybridized carbons (Fsp3) is 1.00. The van der Waals surface area contributed by atoms with Gasteiger partial charge in [0.25, 0.3) is 0 Å². The Kier molecular flexibility index (Phi) is 9.05. The molecule has 0 saturated carbocycles. The van der Waals surface area contributed by atoms with Gasteiger partial charge < -0.3 is 4.55 Å². The molecule has 0 aromatic rings. The zero-order chi connectivity index (χ0) is 8.20. The van der Waals surface area contributed by atoms with Crippen LogP contribution in [-0.2, 0) is 10.1 Å². The van der Waals surface area contributed by atoms with Crippen LogP contribution in [0.25, 0.3) is 0 Å². The van der Waals surface area contributed by atoms with Crippen molar-refractivity contribution in [1.82, 2.24) is 0 Å². The van der Waals surface area contributed by atoms with Crippen molar-refractivity contribution in [2.24, 2.45) is 0 Å². The van der Waals surface area contributed by atoms with E-state index in [9.17, 15) is 13.0 Å². The van der Waals surface area contributed by atoms with Crippen LogP contribution in [0, 0.1) is 0 Å². The van der Waals surface area contributed by atoms with E-state index in [1.807, 2.05) is 0 Å². The summed E-state index contributed by atoms with van der Waals surface area (Å²) in [5.41, 5.74) is 0. The van der Waals surface area contributed by atoms with E-state index in [1.54, 1.807) is 6.92 Å². The van der Waals surface area contributed by atoms with Gasteiger partial charge in [0.1, 0.15) is 0 Å². The van der Waals surface area contributed by atoms with Gasteiger partial charge in [0.2, 0.25) is 0 Å². The molecule has 0 bridgehead atoms. The molecule has 6 heteroatoms. The average molecular weight is 206 g/mol. The maximum atomic E-state index is 10.4. The first kappa shape index (κ1) is 14.8. The summed E-state index contributed by atoms with van der Waals surface area (Å²) in [6, 6.07) is 0. The Morgan fingerprint density at radius 1 is 1.55 bits per heavy atom. The molecule has 1 atom stereocenters. The predicted octanol–water partition coefficient (Wildman–Crippen LogP) is -2.37. The van der Waals surface area contributed by atoms with Crippen molar-refractivity contribution in [3.63, 3.8) is 0 Å². The first-order chi connectivity index (χ1) is 4.52. The fourth-order valence-electron chi connectivity index (χ4n) is 0.697. The molecule has 0 aliphatic heterocycles. The van der Waals surface area contributed by atoms with Gasteiger partial charge in [-0.3, -0.25) is 0 Å². The maximum Gasteiger partial charge on any atom is 1.00 e. The quantitative estimate of drug-likeness (QED) is 0.318. The van der Waals surface area contributed by atoms with Crippen LogP contribution in [0.3, 0.4) is 0 Å². The van der Waals surface area contributed by atoms with Crippen molar-refractivity contribution in [3.8, 4) is 0 Å². The van der Waals surface area contributed by atoms with Crippen molar-refractivity contribution >= 4 is 22.7 Å². The van der Waals surface area contributed by atoms with E-state index in [0.29, 0.717) is 18.6 Å². The molecule has 0 rings (SSSR count). The molecule has 0 heterocycles. The number of rotatable bonds is 4. The zero-order valence-electron chi connectivity index (χ0n) is 6.78. The summed E-state index contributed by atoms with van der Waals surface area (Å²) in [7, 11) is -4.08. The predicted molar refractivity (Wildman–Crippen MR) is 42.2 cm³/mol. The van der Waals surface area contributed by atoms with Gasteiger partial charge in [-0.15, -0.1) is 0 Å². The average Bonchev–Trinajstić information content (AvgIpc) is 1.80. The van der Waals surface area contributed by atoms with E-state index < -0.39 is 15.4 Å². The van der Waals surface area contributed by atoms with Crippen LogP contribution in [0.4, 0.5) is 0 Å². The van der Waals surface area contributed by atoms with E-state index in [0.717, 1.165) is 0 Å². The molecule has 0 radical (unpaired) electrons. The van der Waals surface area contributed by atoms with E-state index in [2.05, 4.69) is 12.6 Å². The van der Waals surface area contributed by atoms with Gasteiger partial charge in [-0.2, -0.15) is 12.6 Å². The Hall–Kier alpha value is 1.26. The summed E-state index contributed by atoms with van der Waals surface area (Å²) in [6.45, 7) is 1.68. The Morgan fingerprint density at radius 3 is 2.09 bits per heavy atom. The maximum absolute atomic E-state index is 10.4. The van der Waals surface area contributed by atoms with Crippen molar-refractivity contribution in [2.75, 3.05) is 5.75 Å². The molecule has 0 aromatic carbocycles. The Balaban J connectivity index is 0. The topological polar surface area (TPSA) is 57.2 Å². The third kappa shape index (κ3) is 6.42. The van der Waals surface area contributed by atoms with E-state index in [4.69, 9.17) is 0 Å². The fourth-order valence-corrected chi connectivity index (χ4v) is 2.00. The van der Waals surface area contributed by atoms with Gasteiger partial charge in [0.05, 0.1) is 15.4 Å². The third-order valence-corrected chi connectivity index (χ3v) is 2.96. The Labute approximate surface area is 95.4 Å². The second kappa shape index (κ2) is 6.74. The van der Waals surface area contributed by atoms with E-state index in [1.165, 1.54) is 0 Å². The molecule has 11 heavy (non-hydrogen) atoms. The first-order valence-corrected chi connectivity index (χ1v) is 5.18. The summed E-state index contributed by atoms with van der Waals surface area (Å²) in [4.78, 5) is 0. The van der Waals surface area contributed by atoms with Crippen LogP contribution in [0.1, 0.15) is 19.8 Å². The summed E-state index contributed by atoms with van der Waals surface area (Å²) in [5, 5.41) is -0.745. The van der Waals surface area contributed by atoms with Gasteiger partial charge in [-0.1, -0.05) is 6.92 Å². The van der Waals surface area contributed by atoms with Crippen LogP contribution in [0.15, 0.2) is 0 Å². The second-order valence-electron chi connectivity index (χ2n) is 2.04. The molecule has 0 aliphatic rings. The summed E-state index contributed by atoms with van der Waals surface area (Å²) in [6.07, 6.45) is 0.734. The molecule has 0 spiro atoms. The summed E-state index contributed by atoms with van der Waals surface area (Å²) >= 11 is 3.84. The molecule has 0 fully saturated rings. The van der Waals surface area contributed by atoms with Gasteiger partial charge >= 0.3 is 29.6 Å². The normalized spacial score (nSPS) is 13.7. The van der Waals surface area contributed by atoms with Gasteiger partial charge in [0, 0.05) is 0 Å². The van der Waals surface area contributed by atoms with Crippen molar-refractivity contribution in [2.45, 2.75) is 25.0 Å². The summed E-state index contributed by atoms with van der Waals surface area (Å²) < 4.78 is 31.1. The van der Waals surface area contributed by atoms with Crippen LogP contribution in [0.2, 0.25) is 0 Å². The number of hydrogen-bond acceptors (Lipinski definition) is 4. The van der Waals surface area contributed by atoms with Crippen molar-refractivity contribution in [1.29, 1.82) is 0 Å². The van der Waals surface area contributed by atoms with Crippen LogP contribution in [-0.4, -0.2) is 24.0 Å². The molecule has 0 amide bonds. The first-order valence-electron chi connectivity index (χ1n) is 3.08. The minimum Gasteiger partial charge on any atom is -0.748 e. The van der Waals surface area contributed by atoms with E-state index in [-0.39, 0.29) is 29.6 Å². The molecule has 62 valence electrons. The standard InChI is InChI=1S/C5H12O3S2.Na/c1-2-5(3-4-9)10(6,7)8;/h5,9H,2-4H2,1H3,(H,6,7,8);/q;+1/p-1.